The van der Waals surface area contributed by atoms with Crippen molar-refractivity contribution in [2.75, 3.05) is 6.54 Å². The maximum absolute atomic E-state index is 11.7. The molecule has 1 aliphatic rings. The Morgan fingerprint density at radius 1 is 1.62 bits per heavy atom. The minimum absolute atomic E-state index is 0.0632. The van der Waals surface area contributed by atoms with E-state index < -0.39 is 0 Å². The van der Waals surface area contributed by atoms with Gasteiger partial charge in [0, 0.05) is 12.7 Å². The molecule has 1 aromatic rings. The second-order valence-electron chi connectivity index (χ2n) is 4.05. The number of guanidine groups is 1. The van der Waals surface area contributed by atoms with Gasteiger partial charge in [-0.25, -0.2) is 0 Å². The topological polar surface area (TPSA) is 66.4 Å². The number of hydrogen-bond acceptors (Lipinski definition) is 4. The quantitative estimate of drug-likeness (QED) is 0.822. The number of nitrogens with one attached hydrogen (secondary N) is 2. The van der Waals surface area contributed by atoms with Crippen LogP contribution in [0.3, 0.4) is 0 Å². The van der Waals surface area contributed by atoms with Crippen molar-refractivity contribution in [1.29, 1.82) is 0 Å². The molecule has 1 unspecified atom stereocenters. The number of rotatable bonds is 3. The predicted molar refractivity (Wildman–Crippen MR) is 63.3 cm³/mol. The molecule has 0 aromatic carbocycles. The summed E-state index contributed by atoms with van der Waals surface area (Å²) in [5, 5.41) is 5.78. The van der Waals surface area contributed by atoms with Gasteiger partial charge in [0.15, 0.2) is 5.96 Å². The van der Waals surface area contributed by atoms with Crippen LogP contribution in [0.4, 0.5) is 0 Å². The zero-order chi connectivity index (χ0) is 11.5. The van der Waals surface area contributed by atoms with Crippen LogP contribution < -0.4 is 10.6 Å². The Balaban J connectivity index is 2.05. The third kappa shape index (κ3) is 2.38. The lowest BCUT2D eigenvalue weighted by Crippen LogP contribution is -2.26. The van der Waals surface area contributed by atoms with Crippen molar-refractivity contribution < 1.29 is 4.79 Å². The summed E-state index contributed by atoms with van der Waals surface area (Å²) in [7, 11) is 0. The maximum Gasteiger partial charge on any atom is 0.254 e. The molecule has 1 amide bonds. The van der Waals surface area contributed by atoms with E-state index in [-0.39, 0.29) is 11.9 Å². The second kappa shape index (κ2) is 4.61. The summed E-state index contributed by atoms with van der Waals surface area (Å²) in [5.74, 6) is 0.984. The molecule has 0 aliphatic carbocycles. The van der Waals surface area contributed by atoms with Crippen LogP contribution in [0.15, 0.2) is 16.7 Å². The molecule has 1 atom stereocenters. The van der Waals surface area contributed by atoms with Crippen molar-refractivity contribution in [2.45, 2.75) is 19.9 Å². The molecule has 6 heteroatoms. The Hall–Kier alpha value is -1.43. The van der Waals surface area contributed by atoms with E-state index in [2.05, 4.69) is 34.5 Å². The van der Waals surface area contributed by atoms with Gasteiger partial charge in [0.1, 0.15) is 6.04 Å². The first-order valence-corrected chi connectivity index (χ1v) is 6.05. The number of nitrogens with zero attached hydrogens (tertiary/aromatic N) is 2. The SMILES string of the molecule is CC(C)CN=C1NC(=O)C(c2cncs2)N1. The Morgan fingerprint density at radius 3 is 3.06 bits per heavy atom. The number of aliphatic imine (C=N–C) groups is 1. The predicted octanol–water partition coefficient (Wildman–Crippen LogP) is 0.916. The van der Waals surface area contributed by atoms with Crippen molar-refractivity contribution in [3.8, 4) is 0 Å². The standard InChI is InChI=1S/C10H14N4OS/c1-6(2)3-12-10-13-8(9(15)14-10)7-4-11-5-16-7/h4-6,8H,3H2,1-2H3,(H2,12,13,14,15). The summed E-state index contributed by atoms with van der Waals surface area (Å²) in [5.41, 5.74) is 1.72. The first-order chi connectivity index (χ1) is 7.66. The first-order valence-electron chi connectivity index (χ1n) is 5.17. The summed E-state index contributed by atoms with van der Waals surface area (Å²) in [4.78, 5) is 20.8. The van der Waals surface area contributed by atoms with Crippen molar-refractivity contribution in [2.24, 2.45) is 10.9 Å². The molecule has 2 heterocycles. The third-order valence-corrected chi connectivity index (χ3v) is 2.98. The van der Waals surface area contributed by atoms with Crippen molar-refractivity contribution >= 4 is 23.2 Å². The fourth-order valence-electron chi connectivity index (χ4n) is 1.35. The van der Waals surface area contributed by atoms with Gasteiger partial charge in [-0.1, -0.05) is 13.8 Å². The van der Waals surface area contributed by atoms with Crippen LogP contribution >= 0.6 is 11.3 Å². The first kappa shape index (κ1) is 11.1. The van der Waals surface area contributed by atoms with Gasteiger partial charge in [0.05, 0.1) is 10.4 Å². The largest absolute Gasteiger partial charge is 0.340 e. The average molecular weight is 238 g/mol. The molecule has 0 saturated carbocycles. The summed E-state index contributed by atoms with van der Waals surface area (Å²) >= 11 is 1.46. The molecule has 2 N–H and O–H groups in total. The molecule has 0 spiro atoms. The Bertz CT molecular complexity index is 399. The lowest BCUT2D eigenvalue weighted by Gasteiger charge is -2.03. The maximum atomic E-state index is 11.7. The van der Waals surface area contributed by atoms with Gasteiger partial charge >= 0.3 is 0 Å². The van der Waals surface area contributed by atoms with Crippen LogP contribution in [0.1, 0.15) is 24.8 Å². The molecule has 5 nitrogen and oxygen atoms in total. The van der Waals surface area contributed by atoms with Gasteiger partial charge in [0.25, 0.3) is 5.91 Å². The number of carbonyl (C=O) groups is 1. The fraction of sp³-hybridized carbons (Fsp3) is 0.500. The molecule has 0 radical (unpaired) electrons. The van der Waals surface area contributed by atoms with Gasteiger partial charge < -0.3 is 5.32 Å². The molecule has 2 rings (SSSR count). The van der Waals surface area contributed by atoms with Crippen LogP contribution in [-0.4, -0.2) is 23.4 Å². The number of thiazole rings is 1. The lowest BCUT2D eigenvalue weighted by atomic mass is 10.2. The van der Waals surface area contributed by atoms with E-state index >= 15 is 0 Å². The highest BCUT2D eigenvalue weighted by molar-refractivity contribution is 7.09. The van der Waals surface area contributed by atoms with Crippen molar-refractivity contribution in [3.63, 3.8) is 0 Å². The normalized spacial score (nSPS) is 22.6. The van der Waals surface area contributed by atoms with Gasteiger partial charge in [-0.3, -0.25) is 20.1 Å². The molecule has 86 valence electrons. The van der Waals surface area contributed by atoms with E-state index in [9.17, 15) is 4.79 Å². The summed E-state index contributed by atoms with van der Waals surface area (Å²) in [6, 6.07) is -0.335. The molecule has 1 fully saturated rings. The Kier molecular flexibility index (Phi) is 3.19. The zero-order valence-electron chi connectivity index (χ0n) is 9.23. The van der Waals surface area contributed by atoms with Gasteiger partial charge in [-0.05, 0) is 5.92 Å². The van der Waals surface area contributed by atoms with E-state index in [1.165, 1.54) is 11.3 Å². The van der Waals surface area contributed by atoms with Gasteiger partial charge in [-0.2, -0.15) is 0 Å². The Morgan fingerprint density at radius 2 is 2.44 bits per heavy atom. The molecule has 1 aliphatic heterocycles. The lowest BCUT2D eigenvalue weighted by molar-refractivity contribution is -0.120. The van der Waals surface area contributed by atoms with Crippen LogP contribution in [0.25, 0.3) is 0 Å². The smallest absolute Gasteiger partial charge is 0.254 e. The highest BCUT2D eigenvalue weighted by Crippen LogP contribution is 2.19. The second-order valence-corrected chi connectivity index (χ2v) is 4.97. The number of carbonyl (C=O) groups excluding carboxylic acids is 1. The number of hydrogen-bond donors (Lipinski definition) is 2. The van der Waals surface area contributed by atoms with Crippen LogP contribution in [0.5, 0.6) is 0 Å². The third-order valence-electron chi connectivity index (χ3n) is 2.14. The minimum Gasteiger partial charge on any atom is -0.340 e. The number of amides is 1. The van der Waals surface area contributed by atoms with Crippen molar-refractivity contribution in [1.82, 2.24) is 15.6 Å². The van der Waals surface area contributed by atoms with E-state index in [1.807, 2.05) is 0 Å². The van der Waals surface area contributed by atoms with E-state index in [4.69, 9.17) is 0 Å². The molecular weight excluding hydrogens is 224 g/mol. The average Bonchev–Trinajstić information content (AvgIpc) is 2.83. The van der Waals surface area contributed by atoms with E-state index in [0.29, 0.717) is 18.4 Å². The van der Waals surface area contributed by atoms with Crippen molar-refractivity contribution in [3.05, 3.63) is 16.6 Å². The van der Waals surface area contributed by atoms with E-state index in [0.717, 1.165) is 4.88 Å². The van der Waals surface area contributed by atoms with E-state index in [1.54, 1.807) is 11.7 Å². The van der Waals surface area contributed by atoms with Crippen LogP contribution in [0.2, 0.25) is 0 Å². The summed E-state index contributed by atoms with van der Waals surface area (Å²) in [6.45, 7) is 4.88. The molecule has 1 saturated heterocycles. The monoisotopic (exact) mass is 238 g/mol. The van der Waals surface area contributed by atoms with Crippen LogP contribution in [0, 0.1) is 5.92 Å². The zero-order valence-corrected chi connectivity index (χ0v) is 10.0. The number of aromatic nitrogens is 1. The highest BCUT2D eigenvalue weighted by atomic mass is 32.1. The highest BCUT2D eigenvalue weighted by Gasteiger charge is 2.30. The minimum atomic E-state index is -0.335. The fourth-order valence-corrected chi connectivity index (χ4v) is 2.02. The van der Waals surface area contributed by atoms with Gasteiger partial charge in [-0.15, -0.1) is 11.3 Å². The molecule has 16 heavy (non-hydrogen) atoms. The molecule has 1 aromatic heterocycles. The summed E-state index contributed by atoms with van der Waals surface area (Å²) < 4.78 is 0. The van der Waals surface area contributed by atoms with Crippen LogP contribution in [-0.2, 0) is 4.79 Å². The van der Waals surface area contributed by atoms with Gasteiger partial charge in [0.2, 0.25) is 0 Å². The Labute approximate surface area is 98.0 Å². The molecular formula is C10H14N4OS. The summed E-state index contributed by atoms with van der Waals surface area (Å²) in [6.07, 6.45) is 1.70. The molecule has 0 bridgehead atoms.